The van der Waals surface area contributed by atoms with Gasteiger partial charge in [-0.25, -0.2) is 4.98 Å². The van der Waals surface area contributed by atoms with E-state index in [-0.39, 0.29) is 22.1 Å². The SMILES string of the molecule is O=C(c1ccccc1)c1cccc(Cl)c1-n1ccnc1NC(=O)C(F)(F)F. The Morgan fingerprint density at radius 1 is 1.04 bits per heavy atom. The molecule has 0 aliphatic rings. The monoisotopic (exact) mass is 393 g/mol. The number of amides is 1. The molecule has 0 saturated carbocycles. The molecule has 0 atom stereocenters. The molecule has 27 heavy (non-hydrogen) atoms. The van der Waals surface area contributed by atoms with Gasteiger partial charge in [0, 0.05) is 23.5 Å². The number of ketones is 1. The van der Waals surface area contributed by atoms with Gasteiger partial charge in [0.1, 0.15) is 0 Å². The minimum atomic E-state index is -5.08. The predicted octanol–water partition coefficient (Wildman–Crippen LogP) is 4.26. The van der Waals surface area contributed by atoms with Crippen molar-refractivity contribution in [2.24, 2.45) is 0 Å². The minimum Gasteiger partial charge on any atom is -0.289 e. The maximum absolute atomic E-state index is 12.8. The Bertz CT molecular complexity index is 1000. The summed E-state index contributed by atoms with van der Waals surface area (Å²) in [5.74, 6) is -2.97. The highest BCUT2D eigenvalue weighted by Gasteiger charge is 2.39. The van der Waals surface area contributed by atoms with Gasteiger partial charge in [0.15, 0.2) is 5.78 Å². The number of hydrogen-bond acceptors (Lipinski definition) is 3. The Morgan fingerprint density at radius 3 is 2.41 bits per heavy atom. The highest BCUT2D eigenvalue weighted by molar-refractivity contribution is 6.33. The van der Waals surface area contributed by atoms with Crippen LogP contribution < -0.4 is 5.32 Å². The van der Waals surface area contributed by atoms with E-state index in [0.717, 1.165) is 4.57 Å². The van der Waals surface area contributed by atoms with E-state index in [2.05, 4.69) is 4.98 Å². The zero-order valence-electron chi connectivity index (χ0n) is 13.5. The number of anilines is 1. The van der Waals surface area contributed by atoms with E-state index >= 15 is 0 Å². The number of rotatable bonds is 4. The Hall–Kier alpha value is -3.13. The van der Waals surface area contributed by atoms with Crippen molar-refractivity contribution in [3.05, 3.63) is 77.1 Å². The summed E-state index contributed by atoms with van der Waals surface area (Å²) in [6.45, 7) is 0. The predicted molar refractivity (Wildman–Crippen MR) is 93.1 cm³/mol. The summed E-state index contributed by atoms with van der Waals surface area (Å²) in [5.41, 5.74) is 0.638. The average Bonchev–Trinajstić information content (AvgIpc) is 3.08. The van der Waals surface area contributed by atoms with Gasteiger partial charge in [-0.1, -0.05) is 48.0 Å². The number of alkyl halides is 3. The zero-order chi connectivity index (χ0) is 19.6. The molecule has 1 heterocycles. The van der Waals surface area contributed by atoms with Gasteiger partial charge in [-0.3, -0.25) is 19.5 Å². The van der Waals surface area contributed by atoms with E-state index in [4.69, 9.17) is 11.6 Å². The first-order chi connectivity index (χ1) is 12.8. The number of benzene rings is 2. The fourth-order valence-electron chi connectivity index (χ4n) is 2.44. The van der Waals surface area contributed by atoms with Gasteiger partial charge in [0.05, 0.1) is 10.7 Å². The van der Waals surface area contributed by atoms with E-state index in [0.29, 0.717) is 5.56 Å². The van der Waals surface area contributed by atoms with Gasteiger partial charge in [-0.2, -0.15) is 13.2 Å². The lowest BCUT2D eigenvalue weighted by molar-refractivity contribution is -0.167. The van der Waals surface area contributed by atoms with Gasteiger partial charge in [0.2, 0.25) is 5.95 Å². The molecule has 0 aliphatic carbocycles. The van der Waals surface area contributed by atoms with Crippen molar-refractivity contribution in [3.8, 4) is 5.69 Å². The van der Waals surface area contributed by atoms with Crippen LogP contribution in [0.25, 0.3) is 5.69 Å². The lowest BCUT2D eigenvalue weighted by Gasteiger charge is -2.15. The largest absolute Gasteiger partial charge is 0.471 e. The number of halogens is 4. The summed E-state index contributed by atoms with van der Waals surface area (Å²) in [5, 5.41) is 1.79. The van der Waals surface area contributed by atoms with Gasteiger partial charge >= 0.3 is 12.1 Å². The molecule has 0 unspecified atom stereocenters. The maximum atomic E-state index is 12.8. The molecule has 1 aromatic heterocycles. The van der Waals surface area contributed by atoms with E-state index in [1.54, 1.807) is 41.7 Å². The van der Waals surface area contributed by atoms with Crippen LogP contribution in [0.5, 0.6) is 0 Å². The van der Waals surface area contributed by atoms with Gasteiger partial charge in [-0.15, -0.1) is 0 Å². The van der Waals surface area contributed by atoms with Crippen molar-refractivity contribution < 1.29 is 22.8 Å². The van der Waals surface area contributed by atoms with Crippen LogP contribution in [0.3, 0.4) is 0 Å². The molecule has 3 rings (SSSR count). The number of hydrogen-bond donors (Lipinski definition) is 1. The first-order valence-electron chi connectivity index (χ1n) is 7.59. The second-order valence-electron chi connectivity index (χ2n) is 5.40. The molecule has 0 radical (unpaired) electrons. The Labute approximate surface area is 156 Å². The third-order valence-corrected chi connectivity index (χ3v) is 3.94. The summed E-state index contributed by atoms with van der Waals surface area (Å²) in [6, 6.07) is 12.8. The quantitative estimate of drug-likeness (QED) is 0.674. The number of carbonyl (C=O) groups is 2. The first-order valence-corrected chi connectivity index (χ1v) is 7.97. The van der Waals surface area contributed by atoms with E-state index < -0.39 is 18.0 Å². The van der Waals surface area contributed by atoms with Crippen LogP contribution in [-0.4, -0.2) is 27.4 Å². The maximum Gasteiger partial charge on any atom is 0.471 e. The molecule has 1 amide bonds. The van der Waals surface area contributed by atoms with Crippen molar-refractivity contribution in [2.45, 2.75) is 6.18 Å². The number of nitrogens with zero attached hydrogens (tertiary/aromatic N) is 2. The lowest BCUT2D eigenvalue weighted by atomic mass is 10.0. The van der Waals surface area contributed by atoms with Crippen molar-refractivity contribution in [3.63, 3.8) is 0 Å². The molecule has 0 fully saturated rings. The molecule has 1 N–H and O–H groups in total. The van der Waals surface area contributed by atoms with Crippen molar-refractivity contribution in [1.82, 2.24) is 9.55 Å². The fraction of sp³-hybridized carbons (Fsp3) is 0.0556. The summed E-state index contributed by atoms with van der Waals surface area (Å²) >= 11 is 6.22. The molecule has 5 nitrogen and oxygen atoms in total. The topological polar surface area (TPSA) is 64.0 Å². The van der Waals surface area contributed by atoms with Crippen LogP contribution in [0.4, 0.5) is 19.1 Å². The Balaban J connectivity index is 2.08. The van der Waals surface area contributed by atoms with E-state index in [1.807, 2.05) is 0 Å². The third kappa shape index (κ3) is 3.85. The standard InChI is InChI=1S/C18H11ClF3N3O2/c19-13-8-4-7-12(15(26)11-5-2-1-3-6-11)14(13)25-10-9-23-17(25)24-16(27)18(20,21)22/h1-10H,(H,23,24,27). The zero-order valence-corrected chi connectivity index (χ0v) is 14.3. The molecule has 0 aliphatic heterocycles. The average molecular weight is 394 g/mol. The Morgan fingerprint density at radius 2 is 1.74 bits per heavy atom. The van der Waals surface area contributed by atoms with Gasteiger partial charge in [0.25, 0.3) is 0 Å². The normalized spacial score (nSPS) is 11.3. The third-order valence-electron chi connectivity index (χ3n) is 3.63. The van der Waals surface area contributed by atoms with Crippen molar-refractivity contribution >= 4 is 29.2 Å². The molecule has 9 heteroatoms. The number of imidazole rings is 1. The summed E-state index contributed by atoms with van der Waals surface area (Å²) in [7, 11) is 0. The van der Waals surface area contributed by atoms with E-state index in [1.165, 1.54) is 24.5 Å². The highest BCUT2D eigenvalue weighted by atomic mass is 35.5. The van der Waals surface area contributed by atoms with Crippen LogP contribution in [0.2, 0.25) is 5.02 Å². The van der Waals surface area contributed by atoms with Crippen molar-refractivity contribution in [2.75, 3.05) is 5.32 Å². The summed E-state index contributed by atoms with van der Waals surface area (Å²) in [6.07, 6.45) is -2.60. The van der Waals surface area contributed by atoms with Crippen LogP contribution in [0.1, 0.15) is 15.9 Å². The molecule has 138 valence electrons. The Kier molecular flexibility index (Phi) is 5.00. The number of aromatic nitrogens is 2. The second kappa shape index (κ2) is 7.24. The summed E-state index contributed by atoms with van der Waals surface area (Å²) < 4.78 is 38.8. The minimum absolute atomic E-state index is 0.109. The molecule has 3 aromatic rings. The smallest absolute Gasteiger partial charge is 0.289 e. The van der Waals surface area contributed by atoms with Gasteiger partial charge < -0.3 is 0 Å². The molecule has 0 bridgehead atoms. The second-order valence-corrected chi connectivity index (χ2v) is 5.81. The van der Waals surface area contributed by atoms with Gasteiger partial charge in [-0.05, 0) is 12.1 Å². The molecule has 0 spiro atoms. The number of para-hydroxylation sites is 1. The molecular weight excluding hydrogens is 383 g/mol. The van der Waals surface area contributed by atoms with Crippen LogP contribution in [0.15, 0.2) is 60.9 Å². The fourth-order valence-corrected chi connectivity index (χ4v) is 2.70. The molecular formula is C18H11ClF3N3O2. The van der Waals surface area contributed by atoms with Crippen LogP contribution >= 0.6 is 11.6 Å². The van der Waals surface area contributed by atoms with Crippen LogP contribution in [-0.2, 0) is 4.79 Å². The highest BCUT2D eigenvalue weighted by Crippen LogP contribution is 2.29. The number of carbonyl (C=O) groups excluding carboxylic acids is 2. The van der Waals surface area contributed by atoms with Crippen molar-refractivity contribution in [1.29, 1.82) is 0 Å². The lowest BCUT2D eigenvalue weighted by Crippen LogP contribution is -2.31. The number of nitrogens with one attached hydrogen (secondary N) is 1. The van der Waals surface area contributed by atoms with Crippen LogP contribution in [0, 0.1) is 0 Å². The first kappa shape index (κ1) is 18.7. The summed E-state index contributed by atoms with van der Waals surface area (Å²) in [4.78, 5) is 27.8. The molecule has 2 aromatic carbocycles. The van der Waals surface area contributed by atoms with E-state index in [9.17, 15) is 22.8 Å². The molecule has 0 saturated heterocycles.